The van der Waals surface area contributed by atoms with Crippen LogP contribution in [0.15, 0.2) is 29.6 Å². The van der Waals surface area contributed by atoms with E-state index in [0.717, 1.165) is 17.9 Å². The zero-order chi connectivity index (χ0) is 19.1. The summed E-state index contributed by atoms with van der Waals surface area (Å²) in [7, 11) is 3.83. The number of anilines is 2. The lowest BCUT2D eigenvalue weighted by Gasteiger charge is -2.09. The highest BCUT2D eigenvalue weighted by molar-refractivity contribution is 7.14. The highest BCUT2D eigenvalue weighted by Crippen LogP contribution is 2.17. The number of benzene rings is 1. The van der Waals surface area contributed by atoms with E-state index in [2.05, 4.69) is 20.9 Å². The second-order valence-electron chi connectivity index (χ2n) is 5.62. The van der Waals surface area contributed by atoms with Crippen molar-refractivity contribution in [1.82, 2.24) is 15.2 Å². The minimum atomic E-state index is -0.715. The van der Waals surface area contributed by atoms with Crippen LogP contribution in [0, 0.1) is 0 Å². The minimum absolute atomic E-state index is 0.244. The second kappa shape index (κ2) is 8.92. The van der Waals surface area contributed by atoms with Crippen LogP contribution in [0.1, 0.15) is 20.8 Å². The summed E-state index contributed by atoms with van der Waals surface area (Å²) in [5.41, 5.74) is 6.03. The molecule has 0 atom stereocenters. The smallest absolute Gasteiger partial charge is 0.316 e. The Morgan fingerprint density at radius 2 is 1.96 bits per heavy atom. The average molecular weight is 376 g/mol. The summed E-state index contributed by atoms with van der Waals surface area (Å²) in [5, 5.41) is 9.66. The third kappa shape index (κ3) is 5.83. The van der Waals surface area contributed by atoms with Crippen LogP contribution in [0.4, 0.5) is 15.6 Å². The Morgan fingerprint density at radius 3 is 2.65 bits per heavy atom. The third-order valence-corrected chi connectivity index (χ3v) is 3.95. The Balaban J connectivity index is 1.97. The first-order valence-corrected chi connectivity index (χ1v) is 8.59. The molecule has 0 aliphatic rings. The second-order valence-corrected chi connectivity index (χ2v) is 6.48. The van der Waals surface area contributed by atoms with Gasteiger partial charge in [0.25, 0.3) is 11.8 Å². The van der Waals surface area contributed by atoms with Crippen molar-refractivity contribution in [2.75, 3.05) is 37.8 Å². The number of primary amides is 1. The highest BCUT2D eigenvalue weighted by Gasteiger charge is 2.13. The summed E-state index contributed by atoms with van der Waals surface area (Å²) in [6, 6.07) is 5.59. The Morgan fingerprint density at radius 1 is 1.19 bits per heavy atom. The molecule has 2 aromatic rings. The van der Waals surface area contributed by atoms with Gasteiger partial charge < -0.3 is 21.3 Å². The Bertz CT molecular complexity index is 805. The largest absolute Gasteiger partial charge is 0.351 e. The van der Waals surface area contributed by atoms with E-state index < -0.39 is 11.9 Å². The van der Waals surface area contributed by atoms with E-state index >= 15 is 0 Å². The fraction of sp³-hybridized carbons (Fsp3) is 0.250. The van der Waals surface area contributed by atoms with Gasteiger partial charge in [-0.1, -0.05) is 6.07 Å². The van der Waals surface area contributed by atoms with Crippen LogP contribution in [-0.4, -0.2) is 54.9 Å². The standard InChI is InChI=1S/C16H20N6O3S/c1-22(2)7-6-18-14(24)12-9-26-16(20-12)21-13(23)10-4-3-5-11(8-10)19-15(17)25/h3-5,8-9H,6-7H2,1-2H3,(H,18,24)(H3,17,19,25)(H,20,21,23). The number of aromatic nitrogens is 1. The number of nitrogens with zero attached hydrogens (tertiary/aromatic N) is 2. The summed E-state index contributed by atoms with van der Waals surface area (Å²) < 4.78 is 0. The van der Waals surface area contributed by atoms with Crippen molar-refractivity contribution in [3.8, 4) is 0 Å². The first-order valence-electron chi connectivity index (χ1n) is 7.71. The lowest BCUT2D eigenvalue weighted by atomic mass is 10.2. The van der Waals surface area contributed by atoms with E-state index in [1.165, 1.54) is 6.07 Å². The van der Waals surface area contributed by atoms with E-state index in [0.29, 0.717) is 22.9 Å². The van der Waals surface area contributed by atoms with E-state index in [1.54, 1.807) is 23.6 Å². The number of urea groups is 1. The molecule has 9 nitrogen and oxygen atoms in total. The van der Waals surface area contributed by atoms with Gasteiger partial charge in [-0.25, -0.2) is 9.78 Å². The fourth-order valence-electron chi connectivity index (χ4n) is 1.97. The number of carbonyl (C=O) groups is 3. The molecular weight excluding hydrogens is 356 g/mol. The molecular formula is C16H20N6O3S. The highest BCUT2D eigenvalue weighted by atomic mass is 32.1. The molecule has 0 saturated heterocycles. The summed E-state index contributed by atoms with van der Waals surface area (Å²) in [6.07, 6.45) is 0. The topological polar surface area (TPSA) is 129 Å². The van der Waals surface area contributed by atoms with Gasteiger partial charge >= 0.3 is 6.03 Å². The van der Waals surface area contributed by atoms with Crippen LogP contribution < -0.4 is 21.7 Å². The maximum atomic E-state index is 12.3. The van der Waals surface area contributed by atoms with Gasteiger partial charge in [0.1, 0.15) is 5.69 Å². The lowest BCUT2D eigenvalue weighted by molar-refractivity contribution is 0.0945. The first-order chi connectivity index (χ1) is 12.3. The van der Waals surface area contributed by atoms with Gasteiger partial charge in [-0.3, -0.25) is 14.9 Å². The van der Waals surface area contributed by atoms with E-state index in [4.69, 9.17) is 5.73 Å². The van der Waals surface area contributed by atoms with Gasteiger partial charge in [0.15, 0.2) is 5.13 Å². The Labute approximate surface area is 154 Å². The molecule has 26 heavy (non-hydrogen) atoms. The van der Waals surface area contributed by atoms with Crippen molar-refractivity contribution in [2.45, 2.75) is 0 Å². The molecule has 0 unspecified atom stereocenters. The number of nitrogens with one attached hydrogen (secondary N) is 3. The molecule has 1 heterocycles. The number of rotatable bonds is 7. The molecule has 2 rings (SSSR count). The zero-order valence-corrected chi connectivity index (χ0v) is 15.2. The number of thiazole rings is 1. The Hall–Kier alpha value is -2.98. The molecule has 0 bridgehead atoms. The molecule has 1 aromatic heterocycles. The van der Waals surface area contributed by atoms with Gasteiger partial charge in [-0.2, -0.15) is 0 Å². The lowest BCUT2D eigenvalue weighted by Crippen LogP contribution is -2.31. The normalized spacial score (nSPS) is 10.4. The van der Waals surface area contributed by atoms with Crippen molar-refractivity contribution in [1.29, 1.82) is 0 Å². The van der Waals surface area contributed by atoms with Crippen molar-refractivity contribution in [2.24, 2.45) is 5.73 Å². The van der Waals surface area contributed by atoms with Crippen molar-refractivity contribution in [3.63, 3.8) is 0 Å². The van der Waals surface area contributed by atoms with Crippen LogP contribution in [0.3, 0.4) is 0 Å². The molecule has 1 aromatic carbocycles. The number of nitrogens with two attached hydrogens (primary N) is 1. The molecule has 10 heteroatoms. The number of carbonyl (C=O) groups excluding carboxylic acids is 3. The van der Waals surface area contributed by atoms with Gasteiger partial charge in [0.05, 0.1) is 0 Å². The van der Waals surface area contributed by atoms with Crippen LogP contribution in [-0.2, 0) is 0 Å². The van der Waals surface area contributed by atoms with Crippen LogP contribution in [0.2, 0.25) is 0 Å². The maximum Gasteiger partial charge on any atom is 0.316 e. The molecule has 0 fully saturated rings. The molecule has 0 saturated carbocycles. The van der Waals surface area contributed by atoms with E-state index in [-0.39, 0.29) is 11.6 Å². The van der Waals surface area contributed by atoms with Crippen LogP contribution in [0.5, 0.6) is 0 Å². The molecule has 138 valence electrons. The van der Waals surface area contributed by atoms with Crippen LogP contribution >= 0.6 is 11.3 Å². The zero-order valence-electron chi connectivity index (χ0n) is 14.4. The van der Waals surface area contributed by atoms with E-state index in [9.17, 15) is 14.4 Å². The van der Waals surface area contributed by atoms with Crippen LogP contribution in [0.25, 0.3) is 0 Å². The molecule has 0 aliphatic heterocycles. The number of likely N-dealkylation sites (N-methyl/N-ethyl adjacent to an activating group) is 1. The van der Waals surface area contributed by atoms with E-state index in [1.807, 2.05) is 19.0 Å². The molecule has 0 aliphatic carbocycles. The SMILES string of the molecule is CN(C)CCNC(=O)c1csc(NC(=O)c2cccc(NC(N)=O)c2)n1. The third-order valence-electron chi connectivity index (χ3n) is 3.19. The summed E-state index contributed by atoms with van der Waals surface area (Å²) in [5.74, 6) is -0.705. The molecule has 4 amide bonds. The summed E-state index contributed by atoms with van der Waals surface area (Å²) in [6.45, 7) is 1.22. The minimum Gasteiger partial charge on any atom is -0.351 e. The van der Waals surface area contributed by atoms with Gasteiger partial charge in [0, 0.05) is 29.7 Å². The molecule has 0 spiro atoms. The summed E-state index contributed by atoms with van der Waals surface area (Å²) in [4.78, 5) is 41.2. The number of amides is 4. The number of hydrogen-bond acceptors (Lipinski definition) is 6. The monoisotopic (exact) mass is 376 g/mol. The molecule has 0 radical (unpaired) electrons. The Kier molecular flexibility index (Phi) is 6.64. The van der Waals surface area contributed by atoms with Crippen molar-refractivity contribution < 1.29 is 14.4 Å². The fourth-order valence-corrected chi connectivity index (χ4v) is 2.65. The first kappa shape index (κ1) is 19.3. The van der Waals surface area contributed by atoms with Gasteiger partial charge in [0.2, 0.25) is 0 Å². The van der Waals surface area contributed by atoms with Gasteiger partial charge in [-0.15, -0.1) is 11.3 Å². The predicted molar refractivity (Wildman–Crippen MR) is 101 cm³/mol. The average Bonchev–Trinajstić information content (AvgIpc) is 3.02. The van der Waals surface area contributed by atoms with Crippen molar-refractivity contribution >= 4 is 40.0 Å². The number of hydrogen-bond donors (Lipinski definition) is 4. The quantitative estimate of drug-likeness (QED) is 0.576. The van der Waals surface area contributed by atoms with Gasteiger partial charge in [-0.05, 0) is 32.3 Å². The van der Waals surface area contributed by atoms with Crippen molar-refractivity contribution in [3.05, 3.63) is 40.9 Å². The maximum absolute atomic E-state index is 12.3. The predicted octanol–water partition coefficient (Wildman–Crippen LogP) is 1.18. The molecule has 5 N–H and O–H groups in total. The summed E-state index contributed by atoms with van der Waals surface area (Å²) >= 11 is 1.15.